The third-order valence-corrected chi connectivity index (χ3v) is 3.22. The van der Waals surface area contributed by atoms with Crippen LogP contribution >= 0.6 is 0 Å². The quantitative estimate of drug-likeness (QED) is 0.754. The molecule has 2 unspecified atom stereocenters. The highest BCUT2D eigenvalue weighted by atomic mass is 16.6. The van der Waals surface area contributed by atoms with Crippen LogP contribution in [0.4, 0.5) is 0 Å². The lowest BCUT2D eigenvalue weighted by Crippen LogP contribution is -2.31. The topological polar surface area (TPSA) is 52.3 Å². The number of hydrogen-bond donors (Lipinski definition) is 1. The van der Waals surface area contributed by atoms with E-state index in [0.717, 1.165) is 6.42 Å². The molecule has 1 aliphatic rings. The predicted molar refractivity (Wildman–Crippen MR) is 65.0 cm³/mol. The molecular formula is C13H25NO2. The summed E-state index contributed by atoms with van der Waals surface area (Å²) in [6.07, 6.45) is 5.32. The molecular weight excluding hydrogens is 202 g/mol. The molecule has 2 atom stereocenters. The molecule has 2 N–H and O–H groups in total. The summed E-state index contributed by atoms with van der Waals surface area (Å²) in [6, 6.07) is 0. The van der Waals surface area contributed by atoms with Crippen LogP contribution in [0.5, 0.6) is 0 Å². The van der Waals surface area contributed by atoms with Crippen molar-refractivity contribution in [1.29, 1.82) is 0 Å². The zero-order valence-electron chi connectivity index (χ0n) is 10.8. The highest BCUT2D eigenvalue weighted by Gasteiger charge is 2.28. The van der Waals surface area contributed by atoms with Crippen molar-refractivity contribution in [3.63, 3.8) is 0 Å². The first-order valence-electron chi connectivity index (χ1n) is 6.34. The number of rotatable bonds is 3. The van der Waals surface area contributed by atoms with Crippen molar-refractivity contribution in [2.45, 2.75) is 58.5 Å². The van der Waals surface area contributed by atoms with Crippen LogP contribution in [0.25, 0.3) is 0 Å². The normalized spacial score (nSPS) is 26.5. The van der Waals surface area contributed by atoms with Gasteiger partial charge >= 0.3 is 5.97 Å². The van der Waals surface area contributed by atoms with Crippen LogP contribution in [0.3, 0.4) is 0 Å². The van der Waals surface area contributed by atoms with E-state index in [-0.39, 0.29) is 11.6 Å². The molecule has 0 radical (unpaired) electrons. The first-order chi connectivity index (χ1) is 7.42. The molecule has 0 saturated heterocycles. The van der Waals surface area contributed by atoms with Gasteiger partial charge in [-0.2, -0.15) is 0 Å². The van der Waals surface area contributed by atoms with Crippen LogP contribution in [-0.2, 0) is 9.53 Å². The summed E-state index contributed by atoms with van der Waals surface area (Å²) in [6.45, 7) is 6.43. The lowest BCUT2D eigenvalue weighted by atomic mass is 9.77. The fourth-order valence-corrected chi connectivity index (χ4v) is 2.46. The van der Waals surface area contributed by atoms with Gasteiger partial charge in [-0.05, 0) is 52.0 Å². The van der Waals surface area contributed by atoms with Crippen molar-refractivity contribution >= 4 is 5.97 Å². The Morgan fingerprint density at radius 1 is 1.25 bits per heavy atom. The summed E-state index contributed by atoms with van der Waals surface area (Å²) in [7, 11) is 0. The summed E-state index contributed by atoms with van der Waals surface area (Å²) in [4.78, 5) is 11.7. The summed E-state index contributed by atoms with van der Waals surface area (Å²) < 4.78 is 5.35. The maximum absolute atomic E-state index is 11.7. The Kier molecular flexibility index (Phi) is 4.78. The van der Waals surface area contributed by atoms with Crippen molar-refractivity contribution in [3.05, 3.63) is 0 Å². The average Bonchev–Trinajstić information content (AvgIpc) is 2.15. The van der Waals surface area contributed by atoms with Crippen LogP contribution in [0.15, 0.2) is 0 Å². The molecule has 16 heavy (non-hydrogen) atoms. The van der Waals surface area contributed by atoms with Crippen LogP contribution in [0.2, 0.25) is 0 Å². The Morgan fingerprint density at radius 3 is 2.31 bits per heavy atom. The van der Waals surface area contributed by atoms with Gasteiger partial charge in [0.2, 0.25) is 0 Å². The van der Waals surface area contributed by atoms with Gasteiger partial charge in [0.05, 0.1) is 0 Å². The second-order valence-electron chi connectivity index (χ2n) is 5.83. The van der Waals surface area contributed by atoms with Crippen molar-refractivity contribution in [3.8, 4) is 0 Å². The van der Waals surface area contributed by atoms with Crippen molar-refractivity contribution < 1.29 is 9.53 Å². The summed E-state index contributed by atoms with van der Waals surface area (Å²) in [5.41, 5.74) is 5.37. The van der Waals surface area contributed by atoms with Gasteiger partial charge in [-0.25, -0.2) is 0 Å². The molecule has 0 aliphatic heterocycles. The van der Waals surface area contributed by atoms with Gasteiger partial charge in [0.15, 0.2) is 0 Å². The molecule has 94 valence electrons. The molecule has 1 aliphatic carbocycles. The second kappa shape index (κ2) is 5.67. The standard InChI is InChI=1S/C13H25NO2/c1-13(2,3)16-12(15)8-10-6-4-5-7-11(10)9-14/h10-11H,4-9,14H2,1-3H3. The molecule has 1 saturated carbocycles. The number of esters is 1. The van der Waals surface area contributed by atoms with Crippen molar-refractivity contribution in [2.24, 2.45) is 17.6 Å². The Morgan fingerprint density at radius 2 is 1.81 bits per heavy atom. The SMILES string of the molecule is CC(C)(C)OC(=O)CC1CCCCC1CN. The van der Waals surface area contributed by atoms with Crippen LogP contribution in [0, 0.1) is 11.8 Å². The van der Waals surface area contributed by atoms with Gasteiger partial charge in [0, 0.05) is 6.42 Å². The van der Waals surface area contributed by atoms with E-state index >= 15 is 0 Å². The lowest BCUT2D eigenvalue weighted by molar-refractivity contribution is -0.156. The highest BCUT2D eigenvalue weighted by molar-refractivity contribution is 5.70. The van der Waals surface area contributed by atoms with Gasteiger partial charge in [-0.1, -0.05) is 12.8 Å². The van der Waals surface area contributed by atoms with Crippen molar-refractivity contribution in [1.82, 2.24) is 0 Å². The van der Waals surface area contributed by atoms with Gasteiger partial charge in [0.1, 0.15) is 5.60 Å². The number of carbonyl (C=O) groups excluding carboxylic acids is 1. The average molecular weight is 227 g/mol. The minimum Gasteiger partial charge on any atom is -0.460 e. The maximum atomic E-state index is 11.7. The van der Waals surface area contributed by atoms with Crippen molar-refractivity contribution in [2.75, 3.05) is 6.54 Å². The fourth-order valence-electron chi connectivity index (χ4n) is 2.46. The van der Waals surface area contributed by atoms with E-state index in [1.54, 1.807) is 0 Å². The Bertz CT molecular complexity index is 233. The highest BCUT2D eigenvalue weighted by Crippen LogP contribution is 2.32. The third kappa shape index (κ3) is 4.52. The fraction of sp³-hybridized carbons (Fsp3) is 0.923. The van der Waals surface area contributed by atoms with E-state index in [1.807, 2.05) is 20.8 Å². The zero-order valence-corrected chi connectivity index (χ0v) is 10.8. The van der Waals surface area contributed by atoms with E-state index in [0.29, 0.717) is 24.8 Å². The minimum absolute atomic E-state index is 0.0714. The Labute approximate surface area is 98.7 Å². The first kappa shape index (κ1) is 13.5. The number of nitrogens with two attached hydrogens (primary N) is 1. The third-order valence-electron chi connectivity index (χ3n) is 3.22. The zero-order chi connectivity index (χ0) is 12.2. The summed E-state index contributed by atoms with van der Waals surface area (Å²) >= 11 is 0. The van der Waals surface area contributed by atoms with E-state index in [9.17, 15) is 4.79 Å². The molecule has 0 heterocycles. The summed E-state index contributed by atoms with van der Waals surface area (Å²) in [5.74, 6) is 0.882. The second-order valence-corrected chi connectivity index (χ2v) is 5.83. The minimum atomic E-state index is -0.371. The van der Waals surface area contributed by atoms with Crippen LogP contribution < -0.4 is 5.73 Å². The summed E-state index contributed by atoms with van der Waals surface area (Å²) in [5, 5.41) is 0. The molecule has 0 spiro atoms. The number of hydrogen-bond acceptors (Lipinski definition) is 3. The Balaban J connectivity index is 2.42. The largest absolute Gasteiger partial charge is 0.460 e. The maximum Gasteiger partial charge on any atom is 0.306 e. The molecule has 0 aromatic heterocycles. The predicted octanol–water partition coefficient (Wildman–Crippen LogP) is 2.48. The molecule has 0 bridgehead atoms. The molecule has 1 rings (SSSR count). The number of ether oxygens (including phenoxy) is 1. The molecule has 3 heteroatoms. The van der Waals surface area contributed by atoms with Gasteiger partial charge < -0.3 is 10.5 Å². The van der Waals surface area contributed by atoms with Gasteiger partial charge in [0.25, 0.3) is 0 Å². The molecule has 1 fully saturated rings. The lowest BCUT2D eigenvalue weighted by Gasteiger charge is -2.30. The van der Waals surface area contributed by atoms with Gasteiger partial charge in [-0.3, -0.25) is 4.79 Å². The molecule has 0 amide bonds. The molecule has 0 aromatic carbocycles. The van der Waals surface area contributed by atoms with E-state index in [2.05, 4.69) is 0 Å². The molecule has 3 nitrogen and oxygen atoms in total. The first-order valence-corrected chi connectivity index (χ1v) is 6.34. The van der Waals surface area contributed by atoms with Crippen LogP contribution in [0.1, 0.15) is 52.9 Å². The van der Waals surface area contributed by atoms with Crippen LogP contribution in [-0.4, -0.2) is 18.1 Å². The monoisotopic (exact) mass is 227 g/mol. The Hall–Kier alpha value is -0.570. The molecule has 0 aromatic rings. The smallest absolute Gasteiger partial charge is 0.306 e. The van der Waals surface area contributed by atoms with E-state index in [1.165, 1.54) is 19.3 Å². The van der Waals surface area contributed by atoms with Gasteiger partial charge in [-0.15, -0.1) is 0 Å². The number of carbonyl (C=O) groups is 1. The van der Waals surface area contributed by atoms with E-state index in [4.69, 9.17) is 10.5 Å². The van der Waals surface area contributed by atoms with E-state index < -0.39 is 0 Å².